The van der Waals surface area contributed by atoms with Crippen LogP contribution in [0.2, 0.25) is 0 Å². The van der Waals surface area contributed by atoms with Crippen molar-refractivity contribution in [3.63, 3.8) is 0 Å². The maximum Gasteiger partial charge on any atom is 0.221 e. The highest BCUT2D eigenvalue weighted by Crippen LogP contribution is 2.31. The lowest BCUT2D eigenvalue weighted by Gasteiger charge is -2.15. The van der Waals surface area contributed by atoms with Gasteiger partial charge < -0.3 is 10.6 Å². The fraction of sp³-hybridized carbons (Fsp3) is 0.562. The second-order valence-electron chi connectivity index (χ2n) is 5.72. The highest BCUT2D eigenvalue weighted by Gasteiger charge is 2.21. The number of carbonyl (C=O) groups excluding carboxylic acids is 1. The summed E-state index contributed by atoms with van der Waals surface area (Å²) in [7, 11) is 0. The number of benzene rings is 1. The van der Waals surface area contributed by atoms with E-state index in [2.05, 4.69) is 35.8 Å². The Morgan fingerprint density at radius 1 is 1.42 bits per heavy atom. The van der Waals surface area contributed by atoms with Crippen LogP contribution in [0.4, 0.5) is 0 Å². The summed E-state index contributed by atoms with van der Waals surface area (Å²) in [5, 5.41) is 6.43. The minimum Gasteiger partial charge on any atom is -0.354 e. The van der Waals surface area contributed by atoms with E-state index < -0.39 is 0 Å². The van der Waals surface area contributed by atoms with Crippen molar-refractivity contribution in [1.82, 2.24) is 10.6 Å². The Balaban J connectivity index is 1.83. The highest BCUT2D eigenvalue weighted by atomic mass is 16.1. The number of amides is 1. The van der Waals surface area contributed by atoms with Crippen LogP contribution < -0.4 is 10.6 Å². The molecule has 0 saturated carbocycles. The zero-order valence-corrected chi connectivity index (χ0v) is 12.1. The summed E-state index contributed by atoms with van der Waals surface area (Å²) in [5.74, 6) is 0.130. The molecular formula is C16H24N2O. The molecule has 1 aromatic carbocycles. The summed E-state index contributed by atoms with van der Waals surface area (Å²) in [4.78, 5) is 11.6. The predicted molar refractivity (Wildman–Crippen MR) is 78.1 cm³/mol. The van der Waals surface area contributed by atoms with Gasteiger partial charge >= 0.3 is 0 Å². The Morgan fingerprint density at radius 2 is 2.21 bits per heavy atom. The third-order valence-corrected chi connectivity index (χ3v) is 3.57. The predicted octanol–water partition coefficient (Wildman–Crippen LogP) is 2.49. The Morgan fingerprint density at radius 3 is 2.95 bits per heavy atom. The molecule has 2 N–H and O–H groups in total. The number of nitrogens with one attached hydrogen (secondary N) is 2. The summed E-state index contributed by atoms with van der Waals surface area (Å²) >= 11 is 0. The third kappa shape index (κ3) is 3.80. The maximum atomic E-state index is 11.6. The Hall–Kier alpha value is -1.35. The molecule has 0 aliphatic heterocycles. The largest absolute Gasteiger partial charge is 0.354 e. The lowest BCUT2D eigenvalue weighted by molar-refractivity contribution is -0.121. The zero-order valence-electron chi connectivity index (χ0n) is 12.1. The van der Waals surface area contributed by atoms with Gasteiger partial charge in [-0.3, -0.25) is 4.79 Å². The molecule has 0 saturated heterocycles. The molecule has 0 fully saturated rings. The van der Waals surface area contributed by atoms with Gasteiger partial charge in [-0.2, -0.15) is 0 Å². The number of fused-ring (bicyclic) bond motifs is 1. The first-order valence-corrected chi connectivity index (χ1v) is 7.18. The second-order valence-corrected chi connectivity index (χ2v) is 5.72. The van der Waals surface area contributed by atoms with E-state index in [1.165, 1.54) is 16.7 Å². The van der Waals surface area contributed by atoms with E-state index in [4.69, 9.17) is 0 Å². The number of aryl methyl sites for hydroxylation is 2. The molecule has 1 atom stereocenters. The summed E-state index contributed by atoms with van der Waals surface area (Å²) in [6.07, 6.45) is 2.84. The van der Waals surface area contributed by atoms with Crippen molar-refractivity contribution in [3.05, 3.63) is 34.9 Å². The molecular weight excluding hydrogens is 236 g/mol. The fourth-order valence-electron chi connectivity index (χ4n) is 2.69. The standard InChI is InChI=1S/C16H24N2O/c1-11(2)18-16(19)8-9-17-15-7-6-13-5-4-12(3)10-14(13)15/h4-5,10-11,15,17H,6-9H2,1-3H3,(H,18,19). The number of carbonyl (C=O) groups is 1. The molecule has 0 bridgehead atoms. The van der Waals surface area contributed by atoms with E-state index in [1.807, 2.05) is 13.8 Å². The van der Waals surface area contributed by atoms with Gasteiger partial charge in [-0.15, -0.1) is 0 Å². The van der Waals surface area contributed by atoms with E-state index in [0.717, 1.165) is 19.4 Å². The van der Waals surface area contributed by atoms with Crippen LogP contribution in [0.1, 0.15) is 49.4 Å². The molecule has 1 aliphatic carbocycles. The minimum absolute atomic E-state index is 0.130. The number of rotatable bonds is 5. The molecule has 0 radical (unpaired) electrons. The number of hydrogen-bond acceptors (Lipinski definition) is 2. The lowest BCUT2D eigenvalue weighted by Crippen LogP contribution is -2.33. The van der Waals surface area contributed by atoms with Gasteiger partial charge in [0.25, 0.3) is 0 Å². The Kier molecular flexibility index (Phi) is 4.59. The van der Waals surface area contributed by atoms with Crippen molar-refractivity contribution < 1.29 is 4.79 Å². The summed E-state index contributed by atoms with van der Waals surface area (Å²) in [6, 6.07) is 7.33. The lowest BCUT2D eigenvalue weighted by atomic mass is 10.1. The highest BCUT2D eigenvalue weighted by molar-refractivity contribution is 5.76. The number of hydrogen-bond donors (Lipinski definition) is 2. The average molecular weight is 260 g/mol. The molecule has 0 aromatic heterocycles. The molecule has 3 heteroatoms. The molecule has 0 spiro atoms. The summed E-state index contributed by atoms with van der Waals surface area (Å²) in [6.45, 7) is 6.85. The van der Waals surface area contributed by atoms with Crippen molar-refractivity contribution >= 4 is 5.91 Å². The Bertz CT molecular complexity index is 454. The smallest absolute Gasteiger partial charge is 0.221 e. The molecule has 104 valence electrons. The normalized spacial score (nSPS) is 17.6. The first-order valence-electron chi connectivity index (χ1n) is 7.18. The van der Waals surface area contributed by atoms with E-state index in [0.29, 0.717) is 12.5 Å². The minimum atomic E-state index is 0.130. The first kappa shape index (κ1) is 14.1. The van der Waals surface area contributed by atoms with Gasteiger partial charge in [-0.25, -0.2) is 0 Å². The van der Waals surface area contributed by atoms with Crippen molar-refractivity contribution in [2.75, 3.05) is 6.54 Å². The fourth-order valence-corrected chi connectivity index (χ4v) is 2.69. The maximum absolute atomic E-state index is 11.6. The molecule has 1 aromatic rings. The average Bonchev–Trinajstić information content (AvgIpc) is 2.71. The molecule has 1 amide bonds. The van der Waals surface area contributed by atoms with E-state index in [-0.39, 0.29) is 11.9 Å². The van der Waals surface area contributed by atoms with Crippen molar-refractivity contribution in [1.29, 1.82) is 0 Å². The van der Waals surface area contributed by atoms with Crippen molar-refractivity contribution in [2.24, 2.45) is 0 Å². The summed E-state index contributed by atoms with van der Waals surface area (Å²) in [5.41, 5.74) is 4.18. The van der Waals surface area contributed by atoms with Crippen molar-refractivity contribution in [3.8, 4) is 0 Å². The molecule has 0 heterocycles. The molecule has 2 rings (SSSR count). The van der Waals surface area contributed by atoms with E-state index in [1.54, 1.807) is 0 Å². The van der Waals surface area contributed by atoms with Gasteiger partial charge in [-0.05, 0) is 44.7 Å². The molecule has 19 heavy (non-hydrogen) atoms. The van der Waals surface area contributed by atoms with E-state index in [9.17, 15) is 4.79 Å². The van der Waals surface area contributed by atoms with Crippen LogP contribution in [0.3, 0.4) is 0 Å². The van der Waals surface area contributed by atoms with Crippen LogP contribution in [0, 0.1) is 6.92 Å². The van der Waals surface area contributed by atoms with Crippen LogP contribution in [-0.4, -0.2) is 18.5 Å². The van der Waals surface area contributed by atoms with Gasteiger partial charge in [-0.1, -0.05) is 23.8 Å². The quantitative estimate of drug-likeness (QED) is 0.854. The van der Waals surface area contributed by atoms with Crippen LogP contribution in [-0.2, 0) is 11.2 Å². The third-order valence-electron chi connectivity index (χ3n) is 3.57. The van der Waals surface area contributed by atoms with Crippen molar-refractivity contribution in [2.45, 2.75) is 52.1 Å². The van der Waals surface area contributed by atoms with Crippen LogP contribution in [0.15, 0.2) is 18.2 Å². The first-order chi connectivity index (χ1) is 9.06. The van der Waals surface area contributed by atoms with Crippen LogP contribution in [0.25, 0.3) is 0 Å². The van der Waals surface area contributed by atoms with Gasteiger partial charge in [0.15, 0.2) is 0 Å². The molecule has 1 aliphatic rings. The topological polar surface area (TPSA) is 41.1 Å². The monoisotopic (exact) mass is 260 g/mol. The SMILES string of the molecule is Cc1ccc2c(c1)C(NCCC(=O)NC(C)C)CC2. The van der Waals surface area contributed by atoms with Gasteiger partial charge in [0, 0.05) is 25.0 Å². The molecule has 3 nitrogen and oxygen atoms in total. The summed E-state index contributed by atoms with van der Waals surface area (Å²) < 4.78 is 0. The van der Waals surface area contributed by atoms with Crippen LogP contribution in [0.5, 0.6) is 0 Å². The van der Waals surface area contributed by atoms with E-state index >= 15 is 0 Å². The van der Waals surface area contributed by atoms with Crippen LogP contribution >= 0.6 is 0 Å². The van der Waals surface area contributed by atoms with Gasteiger partial charge in [0.05, 0.1) is 0 Å². The van der Waals surface area contributed by atoms with Gasteiger partial charge in [0.2, 0.25) is 5.91 Å². The van der Waals surface area contributed by atoms with Gasteiger partial charge in [0.1, 0.15) is 0 Å². The second kappa shape index (κ2) is 6.20. The molecule has 1 unspecified atom stereocenters. The zero-order chi connectivity index (χ0) is 13.8. The Labute approximate surface area is 115 Å².